The van der Waals surface area contributed by atoms with Crippen molar-refractivity contribution < 1.29 is 9.53 Å². The molecular formula is C25H34N2O2. The molecule has 0 aliphatic carbocycles. The molecule has 156 valence electrons. The van der Waals surface area contributed by atoms with Crippen molar-refractivity contribution in [1.29, 1.82) is 0 Å². The Bertz CT molecular complexity index is 739. The van der Waals surface area contributed by atoms with Crippen molar-refractivity contribution in [2.24, 2.45) is 5.10 Å². The Hall–Kier alpha value is -2.62. The van der Waals surface area contributed by atoms with Crippen LogP contribution in [0, 0.1) is 0 Å². The van der Waals surface area contributed by atoms with Crippen molar-refractivity contribution in [2.75, 3.05) is 6.61 Å². The van der Waals surface area contributed by atoms with Gasteiger partial charge in [0.2, 0.25) is 0 Å². The minimum atomic E-state index is -0.227. The summed E-state index contributed by atoms with van der Waals surface area (Å²) in [5, 5.41) is 4.18. The predicted octanol–water partition coefficient (Wildman–Crippen LogP) is 6.36. The van der Waals surface area contributed by atoms with Crippen molar-refractivity contribution in [1.82, 2.24) is 5.43 Å². The lowest BCUT2D eigenvalue weighted by molar-refractivity contribution is 0.0955. The normalized spacial score (nSPS) is 11.3. The van der Waals surface area contributed by atoms with Gasteiger partial charge in [0.15, 0.2) is 0 Å². The van der Waals surface area contributed by atoms with Crippen molar-refractivity contribution in [3.05, 3.63) is 65.7 Å². The van der Waals surface area contributed by atoms with Crippen LogP contribution in [0.5, 0.6) is 5.75 Å². The molecule has 0 aliphatic heterocycles. The van der Waals surface area contributed by atoms with E-state index >= 15 is 0 Å². The highest BCUT2D eigenvalue weighted by molar-refractivity contribution is 6.00. The van der Waals surface area contributed by atoms with Crippen LogP contribution in [0.4, 0.5) is 0 Å². The number of hydrogen-bond donors (Lipinski definition) is 1. The van der Waals surface area contributed by atoms with E-state index in [1.807, 2.05) is 49.4 Å². The van der Waals surface area contributed by atoms with Crippen LogP contribution in [0.1, 0.15) is 81.1 Å². The fourth-order valence-corrected chi connectivity index (χ4v) is 3.07. The molecule has 0 heterocycles. The number of hydrazone groups is 1. The van der Waals surface area contributed by atoms with E-state index in [1.165, 1.54) is 44.9 Å². The number of benzene rings is 2. The minimum Gasteiger partial charge on any atom is -0.494 e. The van der Waals surface area contributed by atoms with Gasteiger partial charge in [-0.05, 0) is 43.2 Å². The van der Waals surface area contributed by atoms with E-state index in [4.69, 9.17) is 4.74 Å². The number of hydrogen-bond acceptors (Lipinski definition) is 3. The van der Waals surface area contributed by atoms with E-state index in [0.717, 1.165) is 30.1 Å². The number of nitrogens with one attached hydrogen (secondary N) is 1. The molecule has 0 spiro atoms. The largest absolute Gasteiger partial charge is 0.494 e. The number of nitrogens with zero attached hydrogens (tertiary/aromatic N) is 1. The smallest absolute Gasteiger partial charge is 0.271 e. The first kappa shape index (κ1) is 22.7. The van der Waals surface area contributed by atoms with Gasteiger partial charge < -0.3 is 4.74 Å². The third-order valence-corrected chi connectivity index (χ3v) is 4.90. The lowest BCUT2D eigenvalue weighted by Gasteiger charge is -2.07. The van der Waals surface area contributed by atoms with Crippen molar-refractivity contribution in [3.8, 4) is 5.75 Å². The summed E-state index contributed by atoms with van der Waals surface area (Å²) in [6, 6.07) is 17.0. The number of rotatable bonds is 13. The summed E-state index contributed by atoms with van der Waals surface area (Å²) in [5.74, 6) is 0.573. The molecule has 0 saturated heterocycles. The number of carbonyl (C=O) groups excluding carboxylic acids is 1. The summed E-state index contributed by atoms with van der Waals surface area (Å²) >= 11 is 0. The summed E-state index contributed by atoms with van der Waals surface area (Å²) in [6.07, 6.45) is 10.3. The van der Waals surface area contributed by atoms with Crippen LogP contribution in [0.2, 0.25) is 0 Å². The number of amides is 1. The van der Waals surface area contributed by atoms with Gasteiger partial charge in [-0.2, -0.15) is 5.10 Å². The maximum atomic E-state index is 12.3. The van der Waals surface area contributed by atoms with Crippen LogP contribution in [0.25, 0.3) is 0 Å². The van der Waals surface area contributed by atoms with Crippen LogP contribution in [0.3, 0.4) is 0 Å². The summed E-state index contributed by atoms with van der Waals surface area (Å²) in [6.45, 7) is 4.84. The zero-order valence-electron chi connectivity index (χ0n) is 17.8. The summed E-state index contributed by atoms with van der Waals surface area (Å²) in [7, 11) is 0. The first-order valence-corrected chi connectivity index (χ1v) is 10.8. The molecule has 0 atom stereocenters. The lowest BCUT2D eigenvalue weighted by atomic mass is 10.1. The molecule has 2 rings (SSSR count). The topological polar surface area (TPSA) is 50.7 Å². The van der Waals surface area contributed by atoms with Crippen LogP contribution >= 0.6 is 0 Å². The Kier molecular flexibility index (Phi) is 10.6. The van der Waals surface area contributed by atoms with E-state index in [9.17, 15) is 4.79 Å². The SMILES string of the molecule is CCCCCCCCCCOc1ccc(C(=O)N/N=C(/C)c2ccccc2)cc1. The Morgan fingerprint density at radius 3 is 2.10 bits per heavy atom. The molecule has 0 saturated carbocycles. The zero-order chi connectivity index (χ0) is 20.7. The molecule has 0 fully saturated rings. The maximum Gasteiger partial charge on any atom is 0.271 e. The molecule has 0 radical (unpaired) electrons. The Labute approximate surface area is 175 Å². The van der Waals surface area contributed by atoms with E-state index in [2.05, 4.69) is 17.5 Å². The fraction of sp³-hybridized carbons (Fsp3) is 0.440. The van der Waals surface area contributed by atoms with Gasteiger partial charge in [0.25, 0.3) is 5.91 Å². The molecule has 4 nitrogen and oxygen atoms in total. The van der Waals surface area contributed by atoms with E-state index < -0.39 is 0 Å². The second-order valence-corrected chi connectivity index (χ2v) is 7.35. The molecule has 0 aliphatic rings. The van der Waals surface area contributed by atoms with Gasteiger partial charge >= 0.3 is 0 Å². The highest BCUT2D eigenvalue weighted by Crippen LogP contribution is 2.14. The molecular weight excluding hydrogens is 360 g/mol. The predicted molar refractivity (Wildman–Crippen MR) is 121 cm³/mol. The number of unbranched alkanes of at least 4 members (excludes halogenated alkanes) is 7. The first-order chi connectivity index (χ1) is 14.2. The standard InChI is InChI=1S/C25H34N2O2/c1-3-4-5-6-7-8-9-13-20-29-24-18-16-23(17-19-24)25(28)27-26-21(2)22-14-11-10-12-15-22/h10-12,14-19H,3-9,13,20H2,1-2H3,(H,27,28)/b26-21-. The van der Waals surface area contributed by atoms with Gasteiger partial charge in [0, 0.05) is 5.56 Å². The van der Waals surface area contributed by atoms with Crippen LogP contribution in [-0.2, 0) is 0 Å². The van der Waals surface area contributed by atoms with Crippen LogP contribution < -0.4 is 10.2 Å². The van der Waals surface area contributed by atoms with Crippen molar-refractivity contribution in [2.45, 2.75) is 65.2 Å². The Morgan fingerprint density at radius 2 is 1.45 bits per heavy atom. The average Bonchev–Trinajstić information content (AvgIpc) is 2.77. The molecule has 0 aromatic heterocycles. The molecule has 2 aromatic rings. The van der Waals surface area contributed by atoms with E-state index in [-0.39, 0.29) is 5.91 Å². The molecule has 0 bridgehead atoms. The van der Waals surface area contributed by atoms with Gasteiger partial charge in [0.1, 0.15) is 5.75 Å². The lowest BCUT2D eigenvalue weighted by Crippen LogP contribution is -2.19. The third-order valence-electron chi connectivity index (χ3n) is 4.90. The number of ether oxygens (including phenoxy) is 1. The first-order valence-electron chi connectivity index (χ1n) is 10.8. The van der Waals surface area contributed by atoms with Gasteiger partial charge in [0.05, 0.1) is 12.3 Å². The van der Waals surface area contributed by atoms with E-state index in [0.29, 0.717) is 5.56 Å². The molecule has 1 amide bonds. The fourth-order valence-electron chi connectivity index (χ4n) is 3.07. The van der Waals surface area contributed by atoms with Crippen LogP contribution in [0.15, 0.2) is 59.7 Å². The second kappa shape index (κ2) is 13.5. The molecule has 1 N–H and O–H groups in total. The highest BCUT2D eigenvalue weighted by Gasteiger charge is 2.05. The second-order valence-electron chi connectivity index (χ2n) is 7.35. The quantitative estimate of drug-likeness (QED) is 0.244. The molecule has 0 unspecified atom stereocenters. The van der Waals surface area contributed by atoms with Crippen LogP contribution in [-0.4, -0.2) is 18.2 Å². The summed E-state index contributed by atoms with van der Waals surface area (Å²) < 4.78 is 5.78. The third kappa shape index (κ3) is 8.95. The number of carbonyl (C=O) groups is 1. The summed E-state index contributed by atoms with van der Waals surface area (Å²) in [5.41, 5.74) is 4.92. The van der Waals surface area contributed by atoms with E-state index in [1.54, 1.807) is 12.1 Å². The summed E-state index contributed by atoms with van der Waals surface area (Å²) in [4.78, 5) is 12.3. The maximum absolute atomic E-state index is 12.3. The Balaban J connectivity index is 1.66. The van der Waals surface area contributed by atoms with Gasteiger partial charge in [-0.3, -0.25) is 4.79 Å². The average molecular weight is 395 g/mol. The van der Waals surface area contributed by atoms with Gasteiger partial charge in [-0.25, -0.2) is 5.43 Å². The Morgan fingerprint density at radius 1 is 0.828 bits per heavy atom. The van der Waals surface area contributed by atoms with Gasteiger partial charge in [-0.1, -0.05) is 82.2 Å². The monoisotopic (exact) mass is 394 g/mol. The van der Waals surface area contributed by atoms with Crippen molar-refractivity contribution in [3.63, 3.8) is 0 Å². The molecule has 29 heavy (non-hydrogen) atoms. The minimum absolute atomic E-state index is 0.227. The van der Waals surface area contributed by atoms with Crippen molar-refractivity contribution >= 4 is 11.6 Å². The molecule has 4 heteroatoms. The highest BCUT2D eigenvalue weighted by atomic mass is 16.5. The molecule has 2 aromatic carbocycles. The zero-order valence-corrected chi connectivity index (χ0v) is 17.8. The van der Waals surface area contributed by atoms with Gasteiger partial charge in [-0.15, -0.1) is 0 Å².